The SMILES string of the molecule is CNC(=O)N(N)/C(=C/[N+](=O)[O-])NCc1ccc(Cl)nc1. The first kappa shape index (κ1) is 15.7. The van der Waals surface area contributed by atoms with Gasteiger partial charge in [0.1, 0.15) is 5.15 Å². The number of carbonyl (C=O) groups is 1. The van der Waals surface area contributed by atoms with Crippen molar-refractivity contribution in [2.45, 2.75) is 6.54 Å². The number of hydrogen-bond donors (Lipinski definition) is 3. The van der Waals surface area contributed by atoms with E-state index in [-0.39, 0.29) is 12.4 Å². The van der Waals surface area contributed by atoms with E-state index in [4.69, 9.17) is 17.4 Å². The third kappa shape index (κ3) is 4.71. The summed E-state index contributed by atoms with van der Waals surface area (Å²) in [4.78, 5) is 25.0. The van der Waals surface area contributed by atoms with Crippen molar-refractivity contribution in [1.82, 2.24) is 20.6 Å². The van der Waals surface area contributed by atoms with E-state index in [9.17, 15) is 14.9 Å². The summed E-state index contributed by atoms with van der Waals surface area (Å²) in [6.45, 7) is 0.189. The zero-order chi connectivity index (χ0) is 15.1. The average Bonchev–Trinajstić information content (AvgIpc) is 2.43. The zero-order valence-electron chi connectivity index (χ0n) is 10.5. The highest BCUT2D eigenvalue weighted by Crippen LogP contribution is 2.06. The second-order valence-electron chi connectivity index (χ2n) is 3.57. The van der Waals surface area contributed by atoms with Gasteiger partial charge in [-0.05, 0) is 11.6 Å². The van der Waals surface area contributed by atoms with Crippen LogP contribution in [0.15, 0.2) is 30.4 Å². The summed E-state index contributed by atoms with van der Waals surface area (Å²) in [5, 5.41) is 16.4. The van der Waals surface area contributed by atoms with E-state index < -0.39 is 11.0 Å². The summed E-state index contributed by atoms with van der Waals surface area (Å²) in [5.74, 6) is 5.30. The Bertz CT molecular complexity index is 518. The number of amides is 2. The maximum absolute atomic E-state index is 11.3. The topological polar surface area (TPSA) is 126 Å². The number of hydrogen-bond acceptors (Lipinski definition) is 6. The monoisotopic (exact) mass is 300 g/mol. The Kier molecular flexibility index (Phi) is 5.69. The van der Waals surface area contributed by atoms with Crippen LogP contribution in [0.1, 0.15) is 5.56 Å². The molecular weight excluding hydrogens is 288 g/mol. The van der Waals surface area contributed by atoms with Gasteiger partial charge >= 0.3 is 6.03 Å². The van der Waals surface area contributed by atoms with Crippen molar-refractivity contribution < 1.29 is 9.72 Å². The summed E-state index contributed by atoms with van der Waals surface area (Å²) >= 11 is 5.64. The average molecular weight is 301 g/mol. The molecule has 1 aromatic heterocycles. The second-order valence-corrected chi connectivity index (χ2v) is 3.95. The van der Waals surface area contributed by atoms with Crippen molar-refractivity contribution in [3.63, 3.8) is 0 Å². The van der Waals surface area contributed by atoms with Crippen molar-refractivity contribution in [3.05, 3.63) is 51.2 Å². The highest BCUT2D eigenvalue weighted by molar-refractivity contribution is 6.29. The molecule has 108 valence electrons. The maximum Gasteiger partial charge on any atom is 0.337 e. The van der Waals surface area contributed by atoms with E-state index in [1.54, 1.807) is 12.1 Å². The number of carbonyl (C=O) groups excluding carboxylic acids is 1. The van der Waals surface area contributed by atoms with Gasteiger partial charge in [0.2, 0.25) is 0 Å². The molecule has 0 atom stereocenters. The molecule has 0 radical (unpaired) electrons. The van der Waals surface area contributed by atoms with Crippen LogP contribution >= 0.6 is 11.6 Å². The van der Waals surface area contributed by atoms with E-state index in [0.717, 1.165) is 0 Å². The van der Waals surface area contributed by atoms with Gasteiger partial charge in [0.05, 0.1) is 4.92 Å². The molecule has 2 amide bonds. The van der Waals surface area contributed by atoms with Gasteiger partial charge < -0.3 is 10.6 Å². The Morgan fingerprint density at radius 2 is 2.35 bits per heavy atom. The molecule has 0 saturated carbocycles. The molecule has 9 nitrogen and oxygen atoms in total. The predicted molar refractivity (Wildman–Crippen MR) is 71.6 cm³/mol. The fraction of sp³-hybridized carbons (Fsp3) is 0.200. The summed E-state index contributed by atoms with van der Waals surface area (Å²) < 4.78 is 0. The lowest BCUT2D eigenvalue weighted by molar-refractivity contribution is -0.404. The first-order chi connectivity index (χ1) is 9.43. The van der Waals surface area contributed by atoms with Crippen LogP contribution in [0.5, 0.6) is 0 Å². The lowest BCUT2D eigenvalue weighted by Crippen LogP contribution is -2.46. The lowest BCUT2D eigenvalue weighted by Gasteiger charge is -2.18. The van der Waals surface area contributed by atoms with Crippen LogP contribution in [0.2, 0.25) is 5.15 Å². The van der Waals surface area contributed by atoms with E-state index in [1.807, 2.05) is 0 Å². The Balaban J connectivity index is 2.78. The van der Waals surface area contributed by atoms with Crippen molar-refractivity contribution in [2.24, 2.45) is 5.84 Å². The smallest absolute Gasteiger partial charge is 0.337 e. The molecule has 0 aromatic carbocycles. The number of hydrazine groups is 1. The Hall–Kier alpha value is -2.39. The quantitative estimate of drug-likeness (QED) is 0.238. The molecule has 20 heavy (non-hydrogen) atoms. The molecule has 4 N–H and O–H groups in total. The molecule has 1 rings (SSSR count). The number of halogens is 1. The van der Waals surface area contributed by atoms with Crippen molar-refractivity contribution >= 4 is 17.6 Å². The Morgan fingerprint density at radius 1 is 1.65 bits per heavy atom. The first-order valence-corrected chi connectivity index (χ1v) is 5.78. The minimum absolute atomic E-state index is 0.163. The minimum Gasteiger partial charge on any atom is -0.361 e. The molecule has 0 spiro atoms. The highest BCUT2D eigenvalue weighted by Gasteiger charge is 2.16. The Morgan fingerprint density at radius 3 is 2.85 bits per heavy atom. The van der Waals surface area contributed by atoms with Crippen LogP contribution in [0, 0.1) is 10.1 Å². The fourth-order valence-corrected chi connectivity index (χ4v) is 1.34. The second kappa shape index (κ2) is 7.26. The van der Waals surface area contributed by atoms with Crippen LogP contribution in [-0.4, -0.2) is 28.0 Å². The molecule has 0 aliphatic rings. The minimum atomic E-state index is -0.717. The van der Waals surface area contributed by atoms with Gasteiger partial charge in [0.15, 0.2) is 5.82 Å². The van der Waals surface area contributed by atoms with Crippen LogP contribution in [-0.2, 0) is 6.54 Å². The largest absolute Gasteiger partial charge is 0.361 e. The van der Waals surface area contributed by atoms with Gasteiger partial charge in [-0.25, -0.2) is 20.6 Å². The molecule has 0 aliphatic heterocycles. The molecule has 0 unspecified atom stereocenters. The van der Waals surface area contributed by atoms with Gasteiger partial charge in [-0.2, -0.15) is 0 Å². The van der Waals surface area contributed by atoms with E-state index in [1.165, 1.54) is 13.2 Å². The lowest BCUT2D eigenvalue weighted by atomic mass is 10.3. The number of aromatic nitrogens is 1. The highest BCUT2D eigenvalue weighted by atomic mass is 35.5. The third-order valence-corrected chi connectivity index (χ3v) is 2.41. The van der Waals surface area contributed by atoms with Crippen molar-refractivity contribution in [2.75, 3.05) is 7.05 Å². The molecule has 0 aliphatic carbocycles. The number of rotatable bonds is 5. The molecule has 10 heteroatoms. The van der Waals surface area contributed by atoms with Crippen LogP contribution < -0.4 is 16.5 Å². The van der Waals surface area contributed by atoms with Crippen molar-refractivity contribution in [3.8, 4) is 0 Å². The standard InChI is InChI=1S/C10H13ClN6O3/c1-13-10(18)17(12)9(6-16(19)20)15-5-7-2-3-8(11)14-4-7/h2-4,6,15H,5,12H2,1H3,(H,13,18)/b9-6+. The number of nitrogens with zero attached hydrogens (tertiary/aromatic N) is 3. The number of urea groups is 1. The number of pyridine rings is 1. The normalized spacial score (nSPS) is 10.8. The number of nitrogens with one attached hydrogen (secondary N) is 2. The summed E-state index contributed by atoms with van der Waals surface area (Å²) in [6.07, 6.45) is 2.10. The molecule has 0 saturated heterocycles. The first-order valence-electron chi connectivity index (χ1n) is 5.40. The number of nitro groups is 1. The maximum atomic E-state index is 11.3. The summed E-state index contributed by atoms with van der Waals surface area (Å²) in [7, 11) is 1.36. The van der Waals surface area contributed by atoms with Crippen LogP contribution in [0.3, 0.4) is 0 Å². The fourth-order valence-electron chi connectivity index (χ4n) is 1.23. The molecule has 0 fully saturated rings. The van der Waals surface area contributed by atoms with E-state index >= 15 is 0 Å². The van der Waals surface area contributed by atoms with Gasteiger partial charge in [-0.3, -0.25) is 10.1 Å². The third-order valence-electron chi connectivity index (χ3n) is 2.18. The van der Waals surface area contributed by atoms with E-state index in [0.29, 0.717) is 21.9 Å². The molecule has 0 bridgehead atoms. The summed E-state index contributed by atoms with van der Waals surface area (Å²) in [5.41, 5.74) is 0.717. The van der Waals surface area contributed by atoms with Gasteiger partial charge in [-0.1, -0.05) is 17.7 Å². The number of nitrogens with two attached hydrogens (primary N) is 1. The zero-order valence-corrected chi connectivity index (χ0v) is 11.3. The molecule has 1 aromatic rings. The Labute approximate surface area is 119 Å². The van der Waals surface area contributed by atoms with Crippen molar-refractivity contribution in [1.29, 1.82) is 0 Å². The predicted octanol–water partition coefficient (Wildman–Crippen LogP) is 0.415. The van der Waals surface area contributed by atoms with Crippen LogP contribution in [0.25, 0.3) is 0 Å². The van der Waals surface area contributed by atoms with Gasteiger partial charge in [-0.15, -0.1) is 0 Å². The van der Waals surface area contributed by atoms with Gasteiger partial charge in [0.25, 0.3) is 6.20 Å². The molecular formula is C10H13ClN6O3. The van der Waals surface area contributed by atoms with E-state index in [2.05, 4.69) is 15.6 Å². The van der Waals surface area contributed by atoms with Crippen LogP contribution in [0.4, 0.5) is 4.79 Å². The molecule has 1 heterocycles. The summed E-state index contributed by atoms with van der Waals surface area (Å²) in [6, 6.07) is 2.57. The van der Waals surface area contributed by atoms with Gasteiger partial charge in [0, 0.05) is 19.8 Å².